The topological polar surface area (TPSA) is 142 Å². The second-order valence-corrected chi connectivity index (χ2v) is 7.22. The second kappa shape index (κ2) is 14.8. The fourth-order valence-corrected chi connectivity index (χ4v) is 2.86. The molecule has 0 fully saturated rings. The Labute approximate surface area is 195 Å². The molecule has 0 atom stereocenters. The van der Waals surface area contributed by atoms with Crippen LogP contribution < -0.4 is 16.2 Å². The third-order valence-electron chi connectivity index (χ3n) is 4.06. The zero-order valence-corrected chi connectivity index (χ0v) is 19.0. The number of nitrogens with one attached hydrogen (secondary N) is 4. The standard InChI is InChI=1S/C20H27Cl2N5O5/c21-15-2-1-14(11-16(15)22)13-25-20-26-17(12-23)18(19(29)27-20)24-3-5-30-7-9-32-10-8-31-6-4-28/h1-2,11-12,23-24,28H,3-10,13H2,(H2,25,26,27,29). The quantitative estimate of drug-likeness (QED) is 0.179. The van der Waals surface area contributed by atoms with Crippen molar-refractivity contribution < 1.29 is 19.3 Å². The predicted octanol–water partition coefficient (Wildman–Crippen LogP) is 2.14. The molecule has 1 aromatic heterocycles. The Hall–Kier alpha value is -2.21. The lowest BCUT2D eigenvalue weighted by molar-refractivity contribution is 0.00920. The van der Waals surface area contributed by atoms with Crippen LogP contribution in [-0.4, -0.2) is 74.1 Å². The van der Waals surface area contributed by atoms with E-state index in [9.17, 15) is 4.79 Å². The van der Waals surface area contributed by atoms with Gasteiger partial charge >= 0.3 is 0 Å². The maximum atomic E-state index is 12.4. The highest BCUT2D eigenvalue weighted by atomic mass is 35.5. The minimum Gasteiger partial charge on any atom is -0.394 e. The molecule has 0 saturated carbocycles. The molecule has 176 valence electrons. The zero-order valence-electron chi connectivity index (χ0n) is 17.5. The van der Waals surface area contributed by atoms with Crippen molar-refractivity contribution in [1.82, 2.24) is 9.97 Å². The number of H-pyrrole nitrogens is 1. The molecule has 1 aromatic carbocycles. The number of ether oxygens (including phenoxy) is 3. The number of halogens is 2. The largest absolute Gasteiger partial charge is 0.394 e. The zero-order chi connectivity index (χ0) is 23.2. The summed E-state index contributed by atoms with van der Waals surface area (Å²) in [6.45, 7) is 3.02. The average molecular weight is 488 g/mol. The lowest BCUT2D eigenvalue weighted by Crippen LogP contribution is -2.23. The molecule has 0 aliphatic rings. The molecule has 0 spiro atoms. The van der Waals surface area contributed by atoms with Gasteiger partial charge < -0.3 is 35.4 Å². The molecule has 0 radical (unpaired) electrons. The number of aliphatic hydroxyl groups excluding tert-OH is 1. The van der Waals surface area contributed by atoms with Gasteiger partial charge in [-0.3, -0.25) is 9.78 Å². The molecule has 0 unspecified atom stereocenters. The summed E-state index contributed by atoms with van der Waals surface area (Å²) >= 11 is 11.9. The monoisotopic (exact) mass is 487 g/mol. The number of hydrogen-bond acceptors (Lipinski definition) is 9. The third-order valence-corrected chi connectivity index (χ3v) is 4.79. The van der Waals surface area contributed by atoms with Crippen molar-refractivity contribution >= 4 is 41.1 Å². The highest BCUT2D eigenvalue weighted by Gasteiger charge is 2.10. The van der Waals surface area contributed by atoms with E-state index in [0.717, 1.165) is 11.8 Å². The summed E-state index contributed by atoms with van der Waals surface area (Å²) in [6, 6.07) is 5.22. The Morgan fingerprint density at radius 3 is 2.38 bits per heavy atom. The van der Waals surface area contributed by atoms with Crippen LogP contribution in [0.25, 0.3) is 0 Å². The van der Waals surface area contributed by atoms with Gasteiger partial charge in [0.2, 0.25) is 5.95 Å². The number of anilines is 2. The van der Waals surface area contributed by atoms with Crippen LogP contribution in [-0.2, 0) is 20.8 Å². The van der Waals surface area contributed by atoms with E-state index >= 15 is 0 Å². The molecular formula is C20H27Cl2N5O5. The molecule has 0 amide bonds. The van der Waals surface area contributed by atoms with Crippen LogP contribution >= 0.6 is 23.2 Å². The van der Waals surface area contributed by atoms with E-state index in [1.165, 1.54) is 0 Å². The number of nitrogens with zero attached hydrogens (tertiary/aromatic N) is 1. The van der Waals surface area contributed by atoms with Gasteiger partial charge in [-0.2, -0.15) is 0 Å². The van der Waals surface area contributed by atoms with Crippen LogP contribution in [0.15, 0.2) is 23.0 Å². The molecule has 5 N–H and O–H groups in total. The first-order valence-electron chi connectivity index (χ1n) is 9.95. The molecule has 2 rings (SSSR count). The van der Waals surface area contributed by atoms with Gasteiger partial charge in [-0.05, 0) is 17.7 Å². The van der Waals surface area contributed by atoms with Crippen LogP contribution in [0.4, 0.5) is 11.6 Å². The molecule has 0 bridgehead atoms. The molecule has 12 heteroatoms. The van der Waals surface area contributed by atoms with Crippen molar-refractivity contribution in [2.24, 2.45) is 0 Å². The van der Waals surface area contributed by atoms with Gasteiger partial charge in [-0.1, -0.05) is 29.3 Å². The Morgan fingerprint density at radius 2 is 1.72 bits per heavy atom. The molecule has 10 nitrogen and oxygen atoms in total. The summed E-state index contributed by atoms with van der Waals surface area (Å²) in [7, 11) is 0. The Bertz CT molecular complexity index is 912. The molecule has 0 aliphatic carbocycles. The SMILES string of the molecule is N=Cc1nc(NCc2ccc(Cl)c(Cl)c2)[nH]c(=O)c1NCCOCCOCCOCCO. The molecule has 0 aliphatic heterocycles. The second-order valence-electron chi connectivity index (χ2n) is 6.41. The highest BCUT2D eigenvalue weighted by Crippen LogP contribution is 2.22. The number of aliphatic hydroxyl groups is 1. The minimum absolute atomic E-state index is 0.00781. The molecule has 2 aromatic rings. The van der Waals surface area contributed by atoms with E-state index in [0.29, 0.717) is 62.8 Å². The van der Waals surface area contributed by atoms with E-state index in [1.807, 2.05) is 6.07 Å². The van der Waals surface area contributed by atoms with E-state index in [1.54, 1.807) is 12.1 Å². The number of benzene rings is 1. The normalized spacial score (nSPS) is 10.8. The summed E-state index contributed by atoms with van der Waals surface area (Å²) in [4.78, 5) is 19.3. The maximum absolute atomic E-state index is 12.4. The average Bonchev–Trinajstić information content (AvgIpc) is 2.79. The van der Waals surface area contributed by atoms with E-state index in [4.69, 9.17) is 47.9 Å². The molecular weight excluding hydrogens is 461 g/mol. The van der Waals surface area contributed by atoms with E-state index in [-0.39, 0.29) is 23.9 Å². The van der Waals surface area contributed by atoms with Crippen molar-refractivity contribution in [1.29, 1.82) is 5.41 Å². The first kappa shape index (κ1) is 26.0. The van der Waals surface area contributed by atoms with Crippen LogP contribution in [0.3, 0.4) is 0 Å². The summed E-state index contributed by atoms with van der Waals surface area (Å²) in [6.07, 6.45) is 1.01. The van der Waals surface area contributed by atoms with Crippen LogP contribution in [0.5, 0.6) is 0 Å². The first-order valence-corrected chi connectivity index (χ1v) is 10.7. The van der Waals surface area contributed by atoms with E-state index < -0.39 is 5.56 Å². The highest BCUT2D eigenvalue weighted by molar-refractivity contribution is 6.42. The summed E-state index contributed by atoms with van der Waals surface area (Å²) in [5, 5.41) is 23.0. The fourth-order valence-electron chi connectivity index (χ4n) is 2.54. The lowest BCUT2D eigenvalue weighted by atomic mass is 10.2. The molecule has 0 saturated heterocycles. The van der Waals surface area contributed by atoms with Gasteiger partial charge in [0.25, 0.3) is 5.56 Å². The summed E-state index contributed by atoms with van der Waals surface area (Å²) in [5.41, 5.74) is 0.860. The number of rotatable bonds is 16. The number of hydrogen-bond donors (Lipinski definition) is 5. The van der Waals surface area contributed by atoms with Gasteiger partial charge in [0, 0.05) is 19.3 Å². The smallest absolute Gasteiger partial charge is 0.276 e. The van der Waals surface area contributed by atoms with Crippen LogP contribution in [0.2, 0.25) is 10.0 Å². The third kappa shape index (κ3) is 9.11. The minimum atomic E-state index is -0.402. The van der Waals surface area contributed by atoms with Gasteiger partial charge in [-0.25, -0.2) is 4.98 Å². The Kier molecular flexibility index (Phi) is 12.0. The van der Waals surface area contributed by atoms with Crippen molar-refractivity contribution in [3.63, 3.8) is 0 Å². The van der Waals surface area contributed by atoms with Crippen molar-refractivity contribution in [2.45, 2.75) is 6.54 Å². The summed E-state index contributed by atoms with van der Waals surface area (Å²) < 4.78 is 15.8. The lowest BCUT2D eigenvalue weighted by Gasteiger charge is -2.11. The number of aromatic nitrogens is 2. The summed E-state index contributed by atoms with van der Waals surface area (Å²) in [5.74, 6) is 0.237. The molecule has 1 heterocycles. The fraction of sp³-hybridized carbons (Fsp3) is 0.450. The predicted molar refractivity (Wildman–Crippen MR) is 125 cm³/mol. The van der Waals surface area contributed by atoms with Gasteiger partial charge in [0.15, 0.2) is 0 Å². The Balaban J connectivity index is 1.75. The van der Waals surface area contributed by atoms with Crippen LogP contribution in [0.1, 0.15) is 11.3 Å². The van der Waals surface area contributed by atoms with Crippen molar-refractivity contribution in [3.8, 4) is 0 Å². The van der Waals surface area contributed by atoms with Crippen molar-refractivity contribution in [2.75, 3.05) is 63.4 Å². The van der Waals surface area contributed by atoms with E-state index in [2.05, 4.69) is 20.6 Å². The number of aromatic amines is 1. The first-order chi connectivity index (χ1) is 15.5. The van der Waals surface area contributed by atoms with Crippen LogP contribution in [0, 0.1) is 5.41 Å². The maximum Gasteiger partial charge on any atom is 0.276 e. The van der Waals surface area contributed by atoms with Gasteiger partial charge in [0.05, 0.1) is 56.3 Å². The Morgan fingerprint density at radius 1 is 1.03 bits per heavy atom. The van der Waals surface area contributed by atoms with Crippen molar-refractivity contribution in [3.05, 3.63) is 49.9 Å². The molecule has 32 heavy (non-hydrogen) atoms. The van der Waals surface area contributed by atoms with Gasteiger partial charge in [-0.15, -0.1) is 0 Å². The van der Waals surface area contributed by atoms with Gasteiger partial charge in [0.1, 0.15) is 11.4 Å².